The minimum Gasteiger partial charge on any atom is -0.310 e. The fraction of sp³-hybridized carbons (Fsp3) is 0.556. The minimum absolute atomic E-state index is 0.528. The molecule has 1 rings (SSSR count). The monoisotopic (exact) mass is 259 g/mol. The molecule has 106 valence electrons. The molecule has 0 saturated carbocycles. The average Bonchev–Trinajstić information content (AvgIpc) is 2.45. The molecule has 19 heavy (non-hydrogen) atoms. The molecular formula is C18H29N. The van der Waals surface area contributed by atoms with Crippen molar-refractivity contribution in [2.45, 2.75) is 59.4 Å². The zero-order valence-electron chi connectivity index (χ0n) is 13.0. The van der Waals surface area contributed by atoms with Gasteiger partial charge in [0.2, 0.25) is 0 Å². The molecule has 0 amide bonds. The molecule has 0 fully saturated rings. The summed E-state index contributed by atoms with van der Waals surface area (Å²) in [6.45, 7) is 10.2. The van der Waals surface area contributed by atoms with Gasteiger partial charge < -0.3 is 5.32 Å². The average molecular weight is 259 g/mol. The Kier molecular flexibility index (Phi) is 7.50. The molecule has 0 aliphatic carbocycles. The summed E-state index contributed by atoms with van der Waals surface area (Å²) in [5, 5.41) is 3.70. The van der Waals surface area contributed by atoms with Crippen LogP contribution in [0.15, 0.2) is 35.9 Å². The Labute approximate surface area is 119 Å². The fourth-order valence-electron chi connectivity index (χ4n) is 2.64. The van der Waals surface area contributed by atoms with E-state index in [1.165, 1.54) is 36.0 Å². The van der Waals surface area contributed by atoms with Crippen LogP contribution in [0.2, 0.25) is 0 Å². The Balaban J connectivity index is 2.99. The molecular weight excluding hydrogens is 230 g/mol. The Hall–Kier alpha value is -1.08. The molecule has 0 heterocycles. The first-order valence-corrected chi connectivity index (χ1v) is 7.72. The second kappa shape index (κ2) is 8.92. The zero-order chi connectivity index (χ0) is 14.1. The van der Waals surface area contributed by atoms with E-state index < -0.39 is 0 Å². The number of allylic oxidation sites excluding steroid dienone is 1. The van der Waals surface area contributed by atoms with E-state index in [0.717, 1.165) is 13.0 Å². The second-order valence-corrected chi connectivity index (χ2v) is 5.18. The summed E-state index contributed by atoms with van der Waals surface area (Å²) in [7, 11) is 0. The summed E-state index contributed by atoms with van der Waals surface area (Å²) < 4.78 is 0. The van der Waals surface area contributed by atoms with Crippen LogP contribution >= 0.6 is 0 Å². The molecule has 1 N–H and O–H groups in total. The quantitative estimate of drug-likeness (QED) is 0.689. The molecule has 0 saturated heterocycles. The normalized spacial score (nSPS) is 14.1. The lowest BCUT2D eigenvalue weighted by molar-refractivity contribution is 0.527. The van der Waals surface area contributed by atoms with Crippen LogP contribution in [-0.2, 0) is 0 Å². The topological polar surface area (TPSA) is 12.0 Å². The predicted molar refractivity (Wildman–Crippen MR) is 86.3 cm³/mol. The first-order chi connectivity index (χ1) is 9.24. The van der Waals surface area contributed by atoms with Gasteiger partial charge in [-0.3, -0.25) is 0 Å². The maximum Gasteiger partial charge on any atom is 0.0282 e. The van der Waals surface area contributed by atoms with Gasteiger partial charge in [0.05, 0.1) is 0 Å². The molecule has 0 radical (unpaired) electrons. The molecule has 0 bridgehead atoms. The van der Waals surface area contributed by atoms with Crippen LogP contribution in [0, 0.1) is 0 Å². The van der Waals surface area contributed by atoms with Crippen molar-refractivity contribution in [1.29, 1.82) is 0 Å². The summed E-state index contributed by atoms with van der Waals surface area (Å²) in [4.78, 5) is 0. The first kappa shape index (κ1) is 16.0. The van der Waals surface area contributed by atoms with Crippen LogP contribution < -0.4 is 5.32 Å². The first-order valence-electron chi connectivity index (χ1n) is 7.72. The van der Waals surface area contributed by atoms with E-state index >= 15 is 0 Å². The lowest BCUT2D eigenvalue weighted by atomic mass is 9.92. The van der Waals surface area contributed by atoms with Gasteiger partial charge in [-0.05, 0) is 43.9 Å². The van der Waals surface area contributed by atoms with E-state index in [-0.39, 0.29) is 0 Å². The number of nitrogens with one attached hydrogen (secondary N) is 1. The lowest BCUT2D eigenvalue weighted by Crippen LogP contribution is -2.31. The van der Waals surface area contributed by atoms with E-state index in [0.29, 0.717) is 6.04 Å². The van der Waals surface area contributed by atoms with Gasteiger partial charge >= 0.3 is 0 Å². The van der Waals surface area contributed by atoms with Gasteiger partial charge in [0, 0.05) is 6.04 Å². The van der Waals surface area contributed by atoms with Crippen LogP contribution in [-0.4, -0.2) is 12.6 Å². The van der Waals surface area contributed by atoms with E-state index in [4.69, 9.17) is 0 Å². The van der Waals surface area contributed by atoms with Crippen molar-refractivity contribution in [3.63, 3.8) is 0 Å². The second-order valence-electron chi connectivity index (χ2n) is 5.18. The maximum atomic E-state index is 3.70. The standard InChI is InChI=1S/C18H29N/c1-5-11-18(19-14-6-2)15(4)17(7-3)16-12-9-8-10-13-16/h8-10,12-13,18-19H,5-7,11,14H2,1-4H3/b17-15+. The molecule has 1 unspecified atom stereocenters. The Morgan fingerprint density at radius 2 is 1.74 bits per heavy atom. The Morgan fingerprint density at radius 3 is 2.26 bits per heavy atom. The zero-order valence-corrected chi connectivity index (χ0v) is 13.0. The predicted octanol–water partition coefficient (Wildman–Crippen LogP) is 5.04. The van der Waals surface area contributed by atoms with Gasteiger partial charge in [-0.1, -0.05) is 63.1 Å². The van der Waals surface area contributed by atoms with Gasteiger partial charge in [-0.2, -0.15) is 0 Å². The van der Waals surface area contributed by atoms with E-state index in [1.54, 1.807) is 0 Å². The van der Waals surface area contributed by atoms with Crippen LogP contribution in [0.1, 0.15) is 58.9 Å². The Bertz CT molecular complexity index is 378. The highest BCUT2D eigenvalue weighted by Crippen LogP contribution is 2.25. The van der Waals surface area contributed by atoms with Gasteiger partial charge in [0.1, 0.15) is 0 Å². The molecule has 1 aromatic carbocycles. The highest BCUT2D eigenvalue weighted by molar-refractivity contribution is 5.69. The third-order valence-corrected chi connectivity index (χ3v) is 3.69. The van der Waals surface area contributed by atoms with Crippen LogP contribution in [0.25, 0.3) is 5.57 Å². The molecule has 1 heteroatoms. The van der Waals surface area contributed by atoms with Crippen LogP contribution in [0.5, 0.6) is 0 Å². The summed E-state index contributed by atoms with van der Waals surface area (Å²) >= 11 is 0. The van der Waals surface area contributed by atoms with Crippen molar-refractivity contribution < 1.29 is 0 Å². The van der Waals surface area contributed by atoms with Crippen molar-refractivity contribution in [3.8, 4) is 0 Å². The lowest BCUT2D eigenvalue weighted by Gasteiger charge is -2.22. The van der Waals surface area contributed by atoms with Crippen molar-refractivity contribution in [3.05, 3.63) is 41.5 Å². The van der Waals surface area contributed by atoms with E-state index in [1.807, 2.05) is 0 Å². The molecule has 1 nitrogen and oxygen atoms in total. The molecule has 1 aromatic rings. The third kappa shape index (κ3) is 4.83. The molecule has 1 atom stereocenters. The van der Waals surface area contributed by atoms with Crippen LogP contribution in [0.3, 0.4) is 0 Å². The molecule has 0 aliphatic heterocycles. The van der Waals surface area contributed by atoms with Crippen molar-refractivity contribution in [2.24, 2.45) is 0 Å². The van der Waals surface area contributed by atoms with Crippen LogP contribution in [0.4, 0.5) is 0 Å². The van der Waals surface area contributed by atoms with E-state index in [9.17, 15) is 0 Å². The summed E-state index contributed by atoms with van der Waals surface area (Å²) in [5.41, 5.74) is 4.40. The van der Waals surface area contributed by atoms with Gasteiger partial charge in [0.25, 0.3) is 0 Å². The van der Waals surface area contributed by atoms with Crippen molar-refractivity contribution >= 4 is 5.57 Å². The van der Waals surface area contributed by atoms with Gasteiger partial charge in [-0.25, -0.2) is 0 Å². The van der Waals surface area contributed by atoms with Crippen molar-refractivity contribution in [2.75, 3.05) is 6.54 Å². The number of benzene rings is 1. The van der Waals surface area contributed by atoms with Crippen molar-refractivity contribution in [1.82, 2.24) is 5.32 Å². The minimum atomic E-state index is 0.528. The summed E-state index contributed by atoms with van der Waals surface area (Å²) in [6, 6.07) is 11.3. The summed E-state index contributed by atoms with van der Waals surface area (Å²) in [5.74, 6) is 0. The highest BCUT2D eigenvalue weighted by atomic mass is 14.9. The largest absolute Gasteiger partial charge is 0.310 e. The third-order valence-electron chi connectivity index (χ3n) is 3.69. The number of hydrogen-bond acceptors (Lipinski definition) is 1. The van der Waals surface area contributed by atoms with Gasteiger partial charge in [0.15, 0.2) is 0 Å². The van der Waals surface area contributed by atoms with E-state index in [2.05, 4.69) is 63.3 Å². The smallest absolute Gasteiger partial charge is 0.0282 e. The number of hydrogen-bond donors (Lipinski definition) is 1. The highest BCUT2D eigenvalue weighted by Gasteiger charge is 2.13. The molecule has 0 aromatic heterocycles. The summed E-state index contributed by atoms with van der Waals surface area (Å²) in [6.07, 6.45) is 4.75. The number of rotatable bonds is 8. The molecule has 0 aliphatic rings. The molecule has 0 spiro atoms. The maximum absolute atomic E-state index is 3.70. The fourth-order valence-corrected chi connectivity index (χ4v) is 2.64. The van der Waals surface area contributed by atoms with Gasteiger partial charge in [-0.15, -0.1) is 0 Å². The SMILES string of the molecule is CCCNC(CCC)/C(C)=C(\CC)c1ccccc1. The Morgan fingerprint density at radius 1 is 1.05 bits per heavy atom.